The van der Waals surface area contributed by atoms with E-state index in [1.54, 1.807) is 7.11 Å². The summed E-state index contributed by atoms with van der Waals surface area (Å²) in [6.07, 6.45) is 16.6. The Kier molecular flexibility index (Phi) is 14.4. The molecule has 1 aliphatic heterocycles. The molecule has 0 aromatic rings. The summed E-state index contributed by atoms with van der Waals surface area (Å²) in [6, 6.07) is 0. The van der Waals surface area contributed by atoms with Crippen LogP contribution in [0.4, 0.5) is 0 Å². The minimum Gasteiger partial charge on any atom is -0.409 e. The van der Waals surface area contributed by atoms with Crippen LogP contribution in [-0.2, 0) is 40.6 Å². The zero-order valence-corrected chi connectivity index (χ0v) is 19.1. The Hall–Kier alpha value is 0.384. The number of ether oxygens (including phenoxy) is 3. The van der Waals surface area contributed by atoms with Crippen LogP contribution in [0.3, 0.4) is 0 Å². The average Bonchev–Trinajstić information content (AvgIpc) is 3.36. The van der Waals surface area contributed by atoms with Gasteiger partial charge < -0.3 is 23.5 Å². The van der Waals surface area contributed by atoms with E-state index in [0.717, 1.165) is 18.2 Å². The van der Waals surface area contributed by atoms with Gasteiger partial charge in [-0.2, -0.15) is 0 Å². The molecule has 160 valence electrons. The predicted molar refractivity (Wildman–Crippen MR) is 110 cm³/mol. The molecular formula is C22H33BFeO5+2. The van der Waals surface area contributed by atoms with Crippen LogP contribution in [0.15, 0.2) is 0 Å². The van der Waals surface area contributed by atoms with Gasteiger partial charge in [0.2, 0.25) is 0 Å². The van der Waals surface area contributed by atoms with Crippen molar-refractivity contribution in [2.24, 2.45) is 0 Å². The number of hydrogen-bond acceptors (Lipinski definition) is 5. The molecule has 2 saturated carbocycles. The van der Waals surface area contributed by atoms with Gasteiger partial charge in [0.15, 0.2) is 6.29 Å². The minimum atomic E-state index is -0.421. The van der Waals surface area contributed by atoms with Crippen LogP contribution < -0.4 is 0 Å². The van der Waals surface area contributed by atoms with Crippen LogP contribution in [0.5, 0.6) is 0 Å². The second-order valence-electron chi connectivity index (χ2n) is 7.31. The molecule has 2 atom stereocenters. The molecular weight excluding hydrogens is 411 g/mol. The van der Waals surface area contributed by atoms with Gasteiger partial charge in [-0.3, -0.25) is 0 Å². The van der Waals surface area contributed by atoms with E-state index < -0.39 is 13.4 Å². The van der Waals surface area contributed by atoms with Crippen LogP contribution in [0, 0.1) is 63.1 Å². The third-order valence-electron chi connectivity index (χ3n) is 4.12. The maximum absolute atomic E-state index is 6.01. The van der Waals surface area contributed by atoms with E-state index in [1.165, 1.54) is 0 Å². The van der Waals surface area contributed by atoms with Crippen LogP contribution in [-0.4, -0.2) is 52.0 Å². The summed E-state index contributed by atoms with van der Waals surface area (Å²) in [5.41, 5.74) is 0. The fraction of sp³-hybridized carbons (Fsp3) is 0.545. The van der Waals surface area contributed by atoms with Crippen molar-refractivity contribution in [1.82, 2.24) is 0 Å². The largest absolute Gasteiger partial charge is 2.00 e. The SMILES string of the molecule is COC[C@@H]1CCO[C@H]([C]2[CH][CH][CH][C]2B(OC(C)C)OC(C)C)O1.[CH]1[CH][CH][CH][CH]1.[Fe+2]. The monoisotopic (exact) mass is 444 g/mol. The minimum absolute atomic E-state index is 0. The normalized spacial score (nSPS) is 25.8. The summed E-state index contributed by atoms with van der Waals surface area (Å²) in [4.78, 5) is 0. The Balaban J connectivity index is 0.000000610. The number of methoxy groups -OCH3 is 1. The standard InChI is InChI=1S/C17H28BO5.C5H5.Fe/c1-12(2)22-18(23-13(3)4)16-8-6-7-15(16)17-20-10-9-14(21-17)11-19-5;1-2-4-5-3-1;/h6-8,12-14,17H,9-11H2,1-5H3;1-5H;/q;;+2/t14-,17-;;/m0../s1. The number of hydrogen-bond donors (Lipinski definition) is 0. The van der Waals surface area contributed by atoms with Gasteiger partial charge in [0.1, 0.15) is 0 Å². The summed E-state index contributed by atoms with van der Waals surface area (Å²) < 4.78 is 28.9. The fourth-order valence-corrected chi connectivity index (χ4v) is 2.93. The molecule has 2 aliphatic carbocycles. The molecule has 1 saturated heterocycles. The Morgan fingerprint density at radius 2 is 1.55 bits per heavy atom. The van der Waals surface area contributed by atoms with Gasteiger partial charge >= 0.3 is 24.2 Å². The van der Waals surface area contributed by atoms with Gasteiger partial charge in [-0.05, 0) is 85.5 Å². The van der Waals surface area contributed by atoms with Crippen molar-refractivity contribution in [2.45, 2.75) is 58.7 Å². The molecule has 0 spiro atoms. The van der Waals surface area contributed by atoms with Crippen molar-refractivity contribution in [1.29, 1.82) is 0 Å². The zero-order valence-electron chi connectivity index (χ0n) is 18.0. The smallest absolute Gasteiger partial charge is 0.409 e. The van der Waals surface area contributed by atoms with Crippen molar-refractivity contribution in [3.8, 4) is 0 Å². The average molecular weight is 444 g/mol. The molecule has 0 amide bonds. The molecule has 0 aromatic carbocycles. The molecule has 0 bridgehead atoms. The van der Waals surface area contributed by atoms with Crippen molar-refractivity contribution < 1.29 is 40.6 Å². The first-order valence-electron chi connectivity index (χ1n) is 10.00. The molecule has 3 rings (SSSR count). The molecule has 0 N–H and O–H groups in total. The molecule has 1 heterocycles. The van der Waals surface area contributed by atoms with Crippen molar-refractivity contribution in [3.05, 3.63) is 63.1 Å². The maximum Gasteiger partial charge on any atom is 2.00 e. The van der Waals surface area contributed by atoms with Gasteiger partial charge in [0, 0.05) is 31.1 Å². The Morgan fingerprint density at radius 3 is 2.07 bits per heavy atom. The zero-order chi connectivity index (χ0) is 20.4. The summed E-state index contributed by atoms with van der Waals surface area (Å²) >= 11 is 0. The van der Waals surface area contributed by atoms with E-state index in [-0.39, 0.29) is 35.4 Å². The summed E-state index contributed by atoms with van der Waals surface area (Å²) in [5, 5.41) is 0. The van der Waals surface area contributed by atoms with Crippen molar-refractivity contribution in [3.63, 3.8) is 0 Å². The first-order chi connectivity index (χ1) is 13.5. The van der Waals surface area contributed by atoms with Crippen molar-refractivity contribution in [2.75, 3.05) is 20.3 Å². The fourth-order valence-electron chi connectivity index (χ4n) is 2.93. The molecule has 7 heteroatoms. The van der Waals surface area contributed by atoms with Gasteiger partial charge in [0.25, 0.3) is 0 Å². The van der Waals surface area contributed by atoms with E-state index in [1.807, 2.05) is 79.1 Å². The maximum atomic E-state index is 6.01. The van der Waals surface area contributed by atoms with Crippen molar-refractivity contribution >= 4 is 7.12 Å². The van der Waals surface area contributed by atoms with Gasteiger partial charge in [-0.25, -0.2) is 0 Å². The van der Waals surface area contributed by atoms with E-state index in [9.17, 15) is 0 Å². The van der Waals surface area contributed by atoms with Crippen LogP contribution in [0.1, 0.15) is 34.1 Å². The second-order valence-corrected chi connectivity index (χ2v) is 7.31. The molecule has 10 radical (unpaired) electrons. The molecule has 3 fully saturated rings. The van der Waals surface area contributed by atoms with E-state index in [2.05, 4.69) is 0 Å². The third-order valence-corrected chi connectivity index (χ3v) is 4.12. The topological polar surface area (TPSA) is 46.2 Å². The Labute approximate surface area is 189 Å². The van der Waals surface area contributed by atoms with Gasteiger partial charge in [0.05, 0.1) is 19.3 Å². The van der Waals surface area contributed by atoms with E-state index in [0.29, 0.717) is 13.2 Å². The Bertz CT molecular complexity index is 389. The summed E-state index contributed by atoms with van der Waals surface area (Å²) in [7, 11) is 1.26. The molecule has 0 aromatic heterocycles. The van der Waals surface area contributed by atoms with Gasteiger partial charge in [-0.1, -0.05) is 0 Å². The first kappa shape index (κ1) is 27.4. The van der Waals surface area contributed by atoms with E-state index in [4.69, 9.17) is 23.5 Å². The number of rotatable bonds is 8. The van der Waals surface area contributed by atoms with Gasteiger partial charge in [-0.15, -0.1) is 0 Å². The molecule has 29 heavy (non-hydrogen) atoms. The predicted octanol–water partition coefficient (Wildman–Crippen LogP) is 3.44. The third kappa shape index (κ3) is 10.0. The summed E-state index contributed by atoms with van der Waals surface area (Å²) in [6.45, 7) is 9.24. The summed E-state index contributed by atoms with van der Waals surface area (Å²) in [5.74, 6) is 1.94. The Morgan fingerprint density at radius 1 is 0.966 bits per heavy atom. The molecule has 0 unspecified atom stereocenters. The van der Waals surface area contributed by atoms with E-state index >= 15 is 0 Å². The van der Waals surface area contributed by atoms with Crippen LogP contribution >= 0.6 is 0 Å². The first-order valence-corrected chi connectivity index (χ1v) is 10.00. The molecule has 3 aliphatic rings. The second kappa shape index (κ2) is 15.2. The quantitative estimate of drug-likeness (QED) is 0.537. The van der Waals surface area contributed by atoms with Crippen LogP contribution in [0.2, 0.25) is 0 Å². The van der Waals surface area contributed by atoms with Crippen LogP contribution in [0.25, 0.3) is 0 Å². The molecule has 5 nitrogen and oxygen atoms in total.